The summed E-state index contributed by atoms with van der Waals surface area (Å²) in [6.45, 7) is 6.74. The molecule has 0 radical (unpaired) electrons. The van der Waals surface area contributed by atoms with Crippen molar-refractivity contribution >= 4 is 12.2 Å². The highest BCUT2D eigenvalue weighted by Gasteiger charge is 2.39. The summed E-state index contributed by atoms with van der Waals surface area (Å²) < 4.78 is 21.7. The summed E-state index contributed by atoms with van der Waals surface area (Å²) in [5.41, 5.74) is 0. The van der Waals surface area contributed by atoms with Gasteiger partial charge in [-0.3, -0.25) is 9.47 Å². The Balaban J connectivity index is 1.50. The zero-order valence-corrected chi connectivity index (χ0v) is 14.6. The lowest BCUT2D eigenvalue weighted by atomic mass is 10.0. The fourth-order valence-corrected chi connectivity index (χ4v) is 3.73. The van der Waals surface area contributed by atoms with Crippen LogP contribution in [0.3, 0.4) is 0 Å². The maximum atomic E-state index is 5.78. The monoisotopic (exact) mass is 350 g/mol. The molecule has 130 valence electrons. The van der Waals surface area contributed by atoms with Crippen molar-refractivity contribution in [1.82, 2.24) is 19.2 Å². The molecule has 1 spiro atoms. The van der Waals surface area contributed by atoms with E-state index >= 15 is 0 Å². The lowest BCUT2D eigenvalue weighted by Gasteiger charge is -2.37. The first-order valence-electron chi connectivity index (χ1n) is 8.42. The molecule has 7 nitrogen and oxygen atoms in total. The van der Waals surface area contributed by atoms with Crippen molar-refractivity contribution in [3.63, 3.8) is 0 Å². The first-order valence-corrected chi connectivity index (χ1v) is 8.83. The van der Waals surface area contributed by atoms with E-state index in [1.54, 1.807) is 6.26 Å². The normalized spacial score (nSPS) is 20.9. The van der Waals surface area contributed by atoms with E-state index in [4.69, 9.17) is 26.1 Å². The number of ether oxygens (including phenoxy) is 2. The second kappa shape index (κ2) is 6.44. The van der Waals surface area contributed by atoms with Crippen molar-refractivity contribution in [3.05, 3.63) is 23.2 Å². The molecule has 0 atom stereocenters. The Bertz CT molecular complexity index is 736. The summed E-state index contributed by atoms with van der Waals surface area (Å²) in [7, 11) is 0. The average Bonchev–Trinajstić information content (AvgIpc) is 3.32. The summed E-state index contributed by atoms with van der Waals surface area (Å²) in [6, 6.07) is 3.77. The van der Waals surface area contributed by atoms with E-state index in [2.05, 4.69) is 16.9 Å². The van der Waals surface area contributed by atoms with E-state index in [0.717, 1.165) is 48.8 Å². The van der Waals surface area contributed by atoms with E-state index in [1.807, 2.05) is 21.4 Å². The SMILES string of the molecule is CCn1c(-c2ccco2)nn(CN2CCC3(CC2)OCCO3)c1=S. The molecule has 8 heteroatoms. The van der Waals surface area contributed by atoms with Crippen molar-refractivity contribution in [3.8, 4) is 11.6 Å². The fourth-order valence-electron chi connectivity index (χ4n) is 3.42. The molecule has 2 aromatic heterocycles. The smallest absolute Gasteiger partial charge is 0.199 e. The first kappa shape index (κ1) is 16.0. The molecule has 0 amide bonds. The van der Waals surface area contributed by atoms with Crippen LogP contribution in [0.5, 0.6) is 0 Å². The Kier molecular flexibility index (Phi) is 4.29. The molecule has 2 aliphatic heterocycles. The summed E-state index contributed by atoms with van der Waals surface area (Å²) in [5, 5.41) is 4.68. The van der Waals surface area contributed by atoms with Gasteiger partial charge in [-0.1, -0.05) is 0 Å². The Morgan fingerprint density at radius 2 is 2.00 bits per heavy atom. The van der Waals surface area contributed by atoms with Crippen molar-refractivity contribution in [2.75, 3.05) is 26.3 Å². The van der Waals surface area contributed by atoms with Crippen LogP contribution >= 0.6 is 12.2 Å². The van der Waals surface area contributed by atoms with E-state index < -0.39 is 0 Å². The number of furan rings is 1. The van der Waals surface area contributed by atoms with Gasteiger partial charge in [-0.05, 0) is 31.3 Å². The van der Waals surface area contributed by atoms with Crippen molar-refractivity contribution in [2.24, 2.45) is 0 Å². The molecule has 0 saturated carbocycles. The summed E-state index contributed by atoms with van der Waals surface area (Å²) in [6.07, 6.45) is 3.43. The molecule has 24 heavy (non-hydrogen) atoms. The Labute approximate surface area is 145 Å². The van der Waals surface area contributed by atoms with Gasteiger partial charge in [0.2, 0.25) is 0 Å². The van der Waals surface area contributed by atoms with E-state index in [0.29, 0.717) is 19.9 Å². The molecule has 2 saturated heterocycles. The second-order valence-electron chi connectivity index (χ2n) is 6.19. The van der Waals surface area contributed by atoms with Gasteiger partial charge in [0.15, 0.2) is 22.1 Å². The van der Waals surface area contributed by atoms with Crippen molar-refractivity contribution in [2.45, 2.75) is 38.8 Å². The number of hydrogen-bond donors (Lipinski definition) is 0. The Hall–Kier alpha value is -1.48. The Morgan fingerprint density at radius 1 is 1.25 bits per heavy atom. The van der Waals surface area contributed by atoms with Crippen LogP contribution in [0.1, 0.15) is 19.8 Å². The van der Waals surface area contributed by atoms with Crippen LogP contribution in [-0.4, -0.2) is 51.3 Å². The quantitative estimate of drug-likeness (QED) is 0.790. The highest BCUT2D eigenvalue weighted by Crippen LogP contribution is 2.31. The maximum absolute atomic E-state index is 5.78. The molecular weight excluding hydrogens is 328 g/mol. The van der Waals surface area contributed by atoms with Gasteiger partial charge in [0.05, 0.1) is 26.1 Å². The molecular formula is C16H22N4O3S. The van der Waals surface area contributed by atoms with Gasteiger partial charge >= 0.3 is 0 Å². The van der Waals surface area contributed by atoms with Crippen LogP contribution in [0.15, 0.2) is 22.8 Å². The number of hydrogen-bond acceptors (Lipinski definition) is 6. The number of likely N-dealkylation sites (tertiary alicyclic amines) is 1. The minimum Gasteiger partial charge on any atom is -0.461 e. The zero-order valence-electron chi connectivity index (χ0n) is 13.8. The van der Waals surface area contributed by atoms with Gasteiger partial charge in [0.1, 0.15) is 0 Å². The minimum absolute atomic E-state index is 0.347. The van der Waals surface area contributed by atoms with E-state index in [1.165, 1.54) is 0 Å². The van der Waals surface area contributed by atoms with E-state index in [9.17, 15) is 0 Å². The van der Waals surface area contributed by atoms with Crippen LogP contribution in [-0.2, 0) is 22.7 Å². The highest BCUT2D eigenvalue weighted by molar-refractivity contribution is 7.71. The van der Waals surface area contributed by atoms with Crippen LogP contribution < -0.4 is 0 Å². The van der Waals surface area contributed by atoms with Gasteiger partial charge in [-0.15, -0.1) is 5.10 Å². The fraction of sp³-hybridized carbons (Fsp3) is 0.625. The van der Waals surface area contributed by atoms with Gasteiger partial charge in [-0.2, -0.15) is 0 Å². The predicted octanol–water partition coefficient (Wildman–Crippen LogP) is 2.49. The van der Waals surface area contributed by atoms with Crippen molar-refractivity contribution < 1.29 is 13.9 Å². The third-order valence-corrected chi connectivity index (χ3v) is 5.18. The number of piperidine rings is 1. The largest absolute Gasteiger partial charge is 0.461 e. The molecule has 0 aliphatic carbocycles. The predicted molar refractivity (Wildman–Crippen MR) is 89.9 cm³/mol. The molecule has 2 fully saturated rings. The number of rotatable bonds is 4. The first-order chi connectivity index (χ1) is 11.7. The summed E-state index contributed by atoms with van der Waals surface area (Å²) in [5.74, 6) is 1.18. The molecule has 4 heterocycles. The van der Waals surface area contributed by atoms with Crippen LogP contribution in [0.4, 0.5) is 0 Å². The lowest BCUT2D eigenvalue weighted by molar-refractivity contribution is -0.187. The van der Waals surface area contributed by atoms with E-state index in [-0.39, 0.29) is 5.79 Å². The average molecular weight is 350 g/mol. The van der Waals surface area contributed by atoms with Gasteiger partial charge in [0, 0.05) is 32.5 Å². The summed E-state index contributed by atoms with van der Waals surface area (Å²) >= 11 is 5.60. The highest BCUT2D eigenvalue weighted by atomic mass is 32.1. The third-order valence-electron chi connectivity index (χ3n) is 4.75. The van der Waals surface area contributed by atoms with Gasteiger partial charge in [0.25, 0.3) is 0 Å². The summed E-state index contributed by atoms with van der Waals surface area (Å²) in [4.78, 5) is 2.34. The van der Waals surface area contributed by atoms with Crippen LogP contribution in [0.25, 0.3) is 11.6 Å². The van der Waals surface area contributed by atoms with Gasteiger partial charge in [-0.25, -0.2) is 4.68 Å². The lowest BCUT2D eigenvalue weighted by Crippen LogP contribution is -2.45. The molecule has 2 aliphatic rings. The molecule has 2 aromatic rings. The number of nitrogens with zero attached hydrogens (tertiary/aromatic N) is 4. The topological polar surface area (TPSA) is 57.6 Å². The zero-order chi connectivity index (χ0) is 16.6. The second-order valence-corrected chi connectivity index (χ2v) is 6.56. The Morgan fingerprint density at radius 3 is 2.62 bits per heavy atom. The standard InChI is InChI=1S/C16H22N4O3S/c1-2-19-14(13-4-3-9-21-13)17-20(15(19)24)12-18-7-5-16(6-8-18)22-10-11-23-16/h3-4,9H,2,5-8,10-12H2,1H3. The molecule has 0 unspecified atom stereocenters. The molecule has 0 bridgehead atoms. The molecule has 4 rings (SSSR count). The minimum atomic E-state index is -0.347. The molecule has 0 N–H and O–H groups in total. The van der Waals surface area contributed by atoms with Crippen LogP contribution in [0, 0.1) is 4.77 Å². The number of aromatic nitrogens is 3. The van der Waals surface area contributed by atoms with Crippen LogP contribution in [0.2, 0.25) is 0 Å². The third kappa shape index (κ3) is 2.83. The van der Waals surface area contributed by atoms with Gasteiger partial charge < -0.3 is 13.9 Å². The van der Waals surface area contributed by atoms with Crippen molar-refractivity contribution in [1.29, 1.82) is 0 Å². The molecule has 0 aromatic carbocycles. The maximum Gasteiger partial charge on any atom is 0.199 e.